The second-order valence-electron chi connectivity index (χ2n) is 23.8. The second kappa shape index (κ2) is 23.7. The number of carbonyl (C=O) groups excluding carboxylic acids is 3. The maximum Gasteiger partial charge on any atom is 0.409 e. The molecule has 6 aliphatic rings. The summed E-state index contributed by atoms with van der Waals surface area (Å²) in [7, 11) is 4.16. The van der Waals surface area contributed by atoms with Gasteiger partial charge < -0.3 is 43.9 Å². The van der Waals surface area contributed by atoms with Crippen molar-refractivity contribution in [2.45, 2.75) is 113 Å². The number of H-pyrrole nitrogens is 3. The minimum Gasteiger partial charge on any atom is -0.453 e. The van der Waals surface area contributed by atoms with Gasteiger partial charge in [0.2, 0.25) is 0 Å². The molecule has 3 atom stereocenters. The predicted molar refractivity (Wildman–Crippen MR) is 298 cm³/mol. The van der Waals surface area contributed by atoms with Crippen LogP contribution in [0.2, 0.25) is 0 Å². The van der Waals surface area contributed by atoms with E-state index in [0.29, 0.717) is 72.4 Å². The third-order valence-electron chi connectivity index (χ3n) is 18.7. The summed E-state index contributed by atoms with van der Waals surface area (Å²) in [5.41, 5.74) is 0.697. The van der Waals surface area contributed by atoms with Crippen molar-refractivity contribution in [3.8, 4) is 0 Å². The number of amides is 3. The van der Waals surface area contributed by atoms with Crippen LogP contribution in [0.5, 0.6) is 0 Å². The van der Waals surface area contributed by atoms with Gasteiger partial charge >= 0.3 is 35.3 Å². The Labute approximate surface area is 478 Å². The molecule has 0 aliphatic carbocycles. The Bertz CT molecular complexity index is 3260. The van der Waals surface area contributed by atoms with Crippen molar-refractivity contribution >= 4 is 51.4 Å². The molecule has 3 N–H and O–H groups in total. The lowest BCUT2D eigenvalue weighted by molar-refractivity contribution is 0.0662. The summed E-state index contributed by atoms with van der Waals surface area (Å²) >= 11 is 0. The number of nitrogens with one attached hydrogen (secondary N) is 3. The number of likely N-dealkylation sites (tertiary alicyclic amines) is 6. The summed E-state index contributed by atoms with van der Waals surface area (Å²) in [6.07, 6.45) is 6.01. The Morgan fingerprint density at radius 1 is 0.405 bits per heavy atom. The number of hydrogen-bond donors (Lipinski definition) is 3. The molecular weight excluding hydrogens is 1110 g/mol. The zero-order valence-corrected chi connectivity index (χ0v) is 48.0. The molecule has 3 aromatic carbocycles. The molecule has 12 rings (SSSR count). The highest BCUT2D eigenvalue weighted by Crippen LogP contribution is 2.38. The molecule has 6 aromatic rings. The van der Waals surface area contributed by atoms with E-state index in [9.17, 15) is 55.1 Å². The van der Waals surface area contributed by atoms with E-state index in [4.69, 9.17) is 14.2 Å². The molecule has 456 valence electrons. The van der Waals surface area contributed by atoms with E-state index in [1.54, 1.807) is 28.4 Å². The van der Waals surface area contributed by atoms with Gasteiger partial charge in [-0.25, -0.2) is 55.1 Å². The molecule has 21 nitrogen and oxygen atoms in total. The standard InChI is InChI=1S/3C19H24F2N4O3/c3*1-19(5-8-23(11-19)18(27)28-2)24-6-3-12(4-7-24)25-16-10-14(21)13(20)9-15(16)22-17(25)26/h3*9-10,12H,3-8,11H2,1-2H3,(H,22,26). The van der Waals surface area contributed by atoms with E-state index in [0.717, 1.165) is 133 Å². The van der Waals surface area contributed by atoms with Crippen LogP contribution in [-0.4, -0.2) is 193 Å². The van der Waals surface area contributed by atoms with Crippen molar-refractivity contribution in [3.05, 3.63) is 103 Å². The van der Waals surface area contributed by atoms with Gasteiger partial charge in [-0.1, -0.05) is 0 Å². The Balaban J connectivity index is 0.000000140. The third kappa shape index (κ3) is 11.5. The lowest BCUT2D eigenvalue weighted by Crippen LogP contribution is -2.52. The van der Waals surface area contributed by atoms with Crippen molar-refractivity contribution in [2.24, 2.45) is 0 Å². The number of methoxy groups -OCH3 is 3. The molecule has 6 aliphatic heterocycles. The number of aromatic amines is 3. The van der Waals surface area contributed by atoms with Crippen LogP contribution >= 0.6 is 0 Å². The van der Waals surface area contributed by atoms with E-state index < -0.39 is 34.9 Å². The molecule has 0 spiro atoms. The number of fused-ring (bicyclic) bond motifs is 3. The minimum absolute atomic E-state index is 0.0796. The summed E-state index contributed by atoms with van der Waals surface area (Å²) in [5, 5.41) is 0. The molecule has 3 amide bonds. The summed E-state index contributed by atoms with van der Waals surface area (Å²) in [5.74, 6) is -5.79. The first-order valence-corrected chi connectivity index (χ1v) is 28.5. The average Bonchev–Trinajstić information content (AvgIpc) is 2.51. The fourth-order valence-corrected chi connectivity index (χ4v) is 13.9. The van der Waals surface area contributed by atoms with Gasteiger partial charge in [-0.15, -0.1) is 0 Å². The first-order chi connectivity index (χ1) is 40.0. The number of carbonyl (C=O) groups is 3. The first kappa shape index (κ1) is 59.9. The highest BCUT2D eigenvalue weighted by atomic mass is 19.2. The quantitative estimate of drug-likeness (QED) is 0.110. The van der Waals surface area contributed by atoms with Gasteiger partial charge in [-0.05, 0) is 78.6 Å². The van der Waals surface area contributed by atoms with Gasteiger partial charge in [0.1, 0.15) is 0 Å². The summed E-state index contributed by atoms with van der Waals surface area (Å²) < 4.78 is 101. The van der Waals surface area contributed by atoms with Crippen LogP contribution in [0.25, 0.3) is 33.1 Å². The summed E-state index contributed by atoms with van der Waals surface area (Å²) in [6.45, 7) is 14.8. The number of aromatic nitrogens is 6. The van der Waals surface area contributed by atoms with Gasteiger partial charge in [0.15, 0.2) is 34.9 Å². The number of nitrogens with zero attached hydrogens (tertiary/aromatic N) is 9. The van der Waals surface area contributed by atoms with Gasteiger partial charge in [0, 0.05) is 150 Å². The zero-order chi connectivity index (χ0) is 60.2. The van der Waals surface area contributed by atoms with Crippen molar-refractivity contribution in [2.75, 3.05) is 99.9 Å². The molecule has 6 saturated heterocycles. The lowest BCUT2D eigenvalue weighted by atomic mass is 9.93. The fourth-order valence-electron chi connectivity index (χ4n) is 13.9. The second-order valence-corrected chi connectivity index (χ2v) is 23.8. The Hall–Kier alpha value is -7.26. The number of piperidine rings is 3. The smallest absolute Gasteiger partial charge is 0.409 e. The van der Waals surface area contributed by atoms with E-state index in [1.807, 2.05) is 0 Å². The van der Waals surface area contributed by atoms with E-state index in [-0.39, 0.29) is 70.1 Å². The summed E-state index contributed by atoms with van der Waals surface area (Å²) in [4.78, 5) is 92.7. The van der Waals surface area contributed by atoms with E-state index in [2.05, 4.69) is 50.4 Å². The molecule has 3 unspecified atom stereocenters. The van der Waals surface area contributed by atoms with Crippen LogP contribution in [0.15, 0.2) is 50.8 Å². The molecule has 9 heterocycles. The van der Waals surface area contributed by atoms with Gasteiger partial charge in [-0.2, -0.15) is 0 Å². The highest BCUT2D eigenvalue weighted by molar-refractivity contribution is 5.77. The molecule has 27 heteroatoms. The van der Waals surface area contributed by atoms with Crippen LogP contribution in [0, 0.1) is 34.9 Å². The number of imidazole rings is 3. The minimum atomic E-state index is -0.972. The normalized spacial score (nSPS) is 24.2. The van der Waals surface area contributed by atoms with Gasteiger partial charge in [-0.3, -0.25) is 28.4 Å². The van der Waals surface area contributed by atoms with Crippen LogP contribution < -0.4 is 17.1 Å². The predicted octanol–water partition coefficient (Wildman–Crippen LogP) is 7.43. The van der Waals surface area contributed by atoms with E-state index in [1.165, 1.54) is 21.3 Å². The van der Waals surface area contributed by atoms with Gasteiger partial charge in [0.05, 0.1) is 54.4 Å². The molecule has 0 bridgehead atoms. The number of ether oxygens (including phenoxy) is 3. The molecule has 3 aromatic heterocycles. The van der Waals surface area contributed by atoms with Crippen LogP contribution in [0.4, 0.5) is 40.7 Å². The largest absolute Gasteiger partial charge is 0.453 e. The SMILES string of the molecule is COC(=O)N1CCC(C)(N2CCC(n3c(=O)[nH]c4cc(F)c(F)cc43)CC2)C1.COC(=O)N1CCC(C)(N2CCC(n3c(=O)[nH]c4cc(F)c(F)cc43)CC2)C1.COC(=O)N1CCC(C)(N2CCC(n3c(=O)[nH]c4cc(F)c(F)cc43)CC2)C1. The van der Waals surface area contributed by atoms with Crippen molar-refractivity contribution < 1.29 is 54.9 Å². The molecule has 0 radical (unpaired) electrons. The number of halogens is 6. The van der Waals surface area contributed by atoms with Crippen molar-refractivity contribution in [3.63, 3.8) is 0 Å². The molecule has 84 heavy (non-hydrogen) atoms. The monoisotopic (exact) mass is 1180 g/mol. The maximum atomic E-state index is 13.7. The third-order valence-corrected chi connectivity index (χ3v) is 18.7. The topological polar surface area (TPSA) is 212 Å². The van der Waals surface area contributed by atoms with Crippen LogP contribution in [0.3, 0.4) is 0 Å². The Morgan fingerprint density at radius 2 is 0.631 bits per heavy atom. The van der Waals surface area contributed by atoms with Crippen LogP contribution in [-0.2, 0) is 14.2 Å². The highest BCUT2D eigenvalue weighted by Gasteiger charge is 2.45. The van der Waals surface area contributed by atoms with Crippen molar-refractivity contribution in [1.82, 2.24) is 58.1 Å². The fraction of sp³-hybridized carbons (Fsp3) is 0.579. The van der Waals surface area contributed by atoms with Crippen molar-refractivity contribution in [1.29, 1.82) is 0 Å². The molecule has 6 fully saturated rings. The van der Waals surface area contributed by atoms with Crippen LogP contribution in [0.1, 0.15) is 96.7 Å². The number of rotatable bonds is 6. The van der Waals surface area contributed by atoms with Gasteiger partial charge in [0.25, 0.3) is 0 Å². The lowest BCUT2D eigenvalue weighted by Gasteiger charge is -2.43. The zero-order valence-electron chi connectivity index (χ0n) is 48.0. The first-order valence-electron chi connectivity index (χ1n) is 28.5. The van der Waals surface area contributed by atoms with E-state index >= 15 is 0 Å². The average molecular weight is 1180 g/mol. The number of hydrogen-bond acceptors (Lipinski definition) is 12. The Morgan fingerprint density at radius 3 is 0.857 bits per heavy atom. The number of benzene rings is 3. The molecule has 0 saturated carbocycles. The maximum absolute atomic E-state index is 13.7. The molecular formula is C57H72F6N12O9. The Kier molecular flexibility index (Phi) is 16.9. The summed E-state index contributed by atoms with van der Waals surface area (Å²) in [6, 6.07) is 6.10.